The molecule has 0 aliphatic carbocycles. The number of para-hydroxylation sites is 2. The Kier molecular flexibility index (Phi) is 3.82. The molecule has 1 aromatic heterocycles. The normalized spacial score (nSPS) is 16.1. The quantitative estimate of drug-likeness (QED) is 0.916. The zero-order valence-electron chi connectivity index (χ0n) is 12.1. The van der Waals surface area contributed by atoms with Gasteiger partial charge in [-0.2, -0.15) is 0 Å². The zero-order valence-corrected chi connectivity index (χ0v) is 12.1. The van der Waals surface area contributed by atoms with E-state index in [1.807, 2.05) is 24.3 Å². The molecule has 1 aliphatic heterocycles. The number of nitrogens with zero attached hydrogens (tertiary/aromatic N) is 1. The highest BCUT2D eigenvalue weighted by atomic mass is 16.6. The standard InChI is InChI=1S/C16H16N2O4/c1-18-7-6-11(8-15(18)19)16(20)17-9-12-10-21-13-4-2-3-5-14(13)22-12/h2-8,12H,9-10H2,1H3,(H,17,20). The summed E-state index contributed by atoms with van der Waals surface area (Å²) in [6.07, 6.45) is 1.30. The van der Waals surface area contributed by atoms with Crippen LogP contribution in [0.5, 0.6) is 11.5 Å². The Balaban J connectivity index is 1.60. The van der Waals surface area contributed by atoms with E-state index in [4.69, 9.17) is 9.47 Å². The Morgan fingerprint density at radius 1 is 1.32 bits per heavy atom. The Hall–Kier alpha value is -2.76. The number of fused-ring (bicyclic) bond motifs is 1. The maximum Gasteiger partial charge on any atom is 0.251 e. The van der Waals surface area contributed by atoms with Crippen LogP contribution in [-0.2, 0) is 7.05 Å². The molecular formula is C16H16N2O4. The van der Waals surface area contributed by atoms with Gasteiger partial charge in [0.25, 0.3) is 11.5 Å². The molecule has 0 bridgehead atoms. The predicted molar refractivity (Wildman–Crippen MR) is 80.4 cm³/mol. The second-order valence-electron chi connectivity index (χ2n) is 5.07. The van der Waals surface area contributed by atoms with Crippen molar-refractivity contribution in [3.05, 3.63) is 58.5 Å². The molecule has 3 rings (SSSR count). The number of carbonyl (C=O) groups is 1. The van der Waals surface area contributed by atoms with Crippen LogP contribution in [-0.4, -0.2) is 29.7 Å². The number of benzene rings is 1. The highest BCUT2D eigenvalue weighted by Crippen LogP contribution is 2.30. The van der Waals surface area contributed by atoms with E-state index in [1.54, 1.807) is 19.3 Å². The first kappa shape index (κ1) is 14.2. The van der Waals surface area contributed by atoms with Gasteiger partial charge in [0.1, 0.15) is 12.7 Å². The van der Waals surface area contributed by atoms with Crippen molar-refractivity contribution < 1.29 is 14.3 Å². The Morgan fingerprint density at radius 3 is 2.86 bits per heavy atom. The molecule has 0 radical (unpaired) electrons. The van der Waals surface area contributed by atoms with Crippen LogP contribution < -0.4 is 20.3 Å². The van der Waals surface area contributed by atoms with E-state index < -0.39 is 0 Å². The summed E-state index contributed by atoms with van der Waals surface area (Å²) >= 11 is 0. The van der Waals surface area contributed by atoms with Crippen molar-refractivity contribution in [2.45, 2.75) is 6.10 Å². The van der Waals surface area contributed by atoms with Crippen molar-refractivity contribution in [1.82, 2.24) is 9.88 Å². The lowest BCUT2D eigenvalue weighted by Crippen LogP contribution is -2.41. The minimum absolute atomic E-state index is 0.223. The lowest BCUT2D eigenvalue weighted by atomic mass is 10.2. The summed E-state index contributed by atoms with van der Waals surface area (Å²) in [5.74, 6) is 1.07. The minimum Gasteiger partial charge on any atom is -0.486 e. The molecule has 6 heteroatoms. The van der Waals surface area contributed by atoms with Crippen LogP contribution in [0.1, 0.15) is 10.4 Å². The van der Waals surface area contributed by atoms with E-state index >= 15 is 0 Å². The summed E-state index contributed by atoms with van der Waals surface area (Å²) in [7, 11) is 1.63. The van der Waals surface area contributed by atoms with Gasteiger partial charge in [-0.15, -0.1) is 0 Å². The van der Waals surface area contributed by atoms with Gasteiger partial charge in [-0.1, -0.05) is 12.1 Å². The average Bonchev–Trinajstić information content (AvgIpc) is 2.55. The van der Waals surface area contributed by atoms with Gasteiger partial charge in [-0.3, -0.25) is 9.59 Å². The molecule has 0 spiro atoms. The number of carbonyl (C=O) groups excluding carboxylic acids is 1. The number of hydrogen-bond acceptors (Lipinski definition) is 4. The van der Waals surface area contributed by atoms with Crippen molar-refractivity contribution in [2.75, 3.05) is 13.2 Å². The van der Waals surface area contributed by atoms with Crippen LogP contribution in [0.4, 0.5) is 0 Å². The number of amides is 1. The lowest BCUT2D eigenvalue weighted by molar-refractivity contribution is 0.0789. The molecule has 22 heavy (non-hydrogen) atoms. The van der Waals surface area contributed by atoms with Crippen LogP contribution >= 0.6 is 0 Å². The molecule has 1 aromatic carbocycles. The van der Waals surface area contributed by atoms with Gasteiger partial charge in [0, 0.05) is 24.9 Å². The SMILES string of the molecule is Cn1ccc(C(=O)NCC2COc3ccccc3O2)cc1=O. The largest absolute Gasteiger partial charge is 0.486 e. The second kappa shape index (κ2) is 5.93. The first-order valence-electron chi connectivity index (χ1n) is 6.97. The van der Waals surface area contributed by atoms with Crippen LogP contribution in [0.2, 0.25) is 0 Å². The van der Waals surface area contributed by atoms with Crippen molar-refractivity contribution in [2.24, 2.45) is 7.05 Å². The summed E-state index contributed by atoms with van der Waals surface area (Å²) in [4.78, 5) is 23.6. The van der Waals surface area contributed by atoms with Crippen molar-refractivity contribution in [3.8, 4) is 11.5 Å². The molecule has 0 fully saturated rings. The van der Waals surface area contributed by atoms with Crippen LogP contribution in [0.15, 0.2) is 47.4 Å². The average molecular weight is 300 g/mol. The number of rotatable bonds is 3. The molecule has 1 aliphatic rings. The summed E-state index contributed by atoms with van der Waals surface area (Å²) < 4.78 is 12.7. The summed E-state index contributed by atoms with van der Waals surface area (Å²) in [6, 6.07) is 10.3. The topological polar surface area (TPSA) is 69.6 Å². The molecule has 2 aromatic rings. The fraction of sp³-hybridized carbons (Fsp3) is 0.250. The molecule has 0 saturated carbocycles. The van der Waals surface area contributed by atoms with Crippen molar-refractivity contribution >= 4 is 5.91 Å². The van der Waals surface area contributed by atoms with Gasteiger partial charge in [0.05, 0.1) is 6.54 Å². The maximum absolute atomic E-state index is 12.0. The second-order valence-corrected chi connectivity index (χ2v) is 5.07. The highest BCUT2D eigenvalue weighted by molar-refractivity contribution is 5.93. The number of nitrogens with one attached hydrogen (secondary N) is 1. The molecule has 1 N–H and O–H groups in total. The van der Waals surface area contributed by atoms with Gasteiger partial charge in [0.2, 0.25) is 0 Å². The fourth-order valence-electron chi connectivity index (χ4n) is 2.16. The van der Waals surface area contributed by atoms with E-state index in [0.29, 0.717) is 30.2 Å². The van der Waals surface area contributed by atoms with E-state index in [-0.39, 0.29) is 17.6 Å². The Bertz CT molecular complexity index is 754. The number of pyridine rings is 1. The number of hydrogen-bond donors (Lipinski definition) is 1. The van der Waals surface area contributed by atoms with Crippen LogP contribution in [0.25, 0.3) is 0 Å². The van der Waals surface area contributed by atoms with Gasteiger partial charge in [0.15, 0.2) is 11.5 Å². The Labute approximate surface area is 127 Å². The highest BCUT2D eigenvalue weighted by Gasteiger charge is 2.21. The first-order chi connectivity index (χ1) is 10.6. The predicted octanol–water partition coefficient (Wildman–Crippen LogP) is 0.955. The molecular weight excluding hydrogens is 284 g/mol. The smallest absolute Gasteiger partial charge is 0.251 e. The van der Waals surface area contributed by atoms with Gasteiger partial charge >= 0.3 is 0 Å². The third-order valence-electron chi connectivity index (χ3n) is 3.42. The zero-order chi connectivity index (χ0) is 15.5. The van der Waals surface area contributed by atoms with E-state index in [9.17, 15) is 9.59 Å². The van der Waals surface area contributed by atoms with Gasteiger partial charge < -0.3 is 19.4 Å². The van der Waals surface area contributed by atoms with Gasteiger partial charge in [-0.05, 0) is 18.2 Å². The van der Waals surface area contributed by atoms with Crippen LogP contribution in [0, 0.1) is 0 Å². The fourth-order valence-corrected chi connectivity index (χ4v) is 2.16. The molecule has 6 nitrogen and oxygen atoms in total. The summed E-state index contributed by atoms with van der Waals surface area (Å²) in [5, 5.41) is 2.75. The number of aromatic nitrogens is 1. The van der Waals surface area contributed by atoms with Gasteiger partial charge in [-0.25, -0.2) is 0 Å². The third kappa shape index (κ3) is 2.95. The molecule has 2 heterocycles. The lowest BCUT2D eigenvalue weighted by Gasteiger charge is -2.26. The third-order valence-corrected chi connectivity index (χ3v) is 3.42. The van der Waals surface area contributed by atoms with Crippen LogP contribution in [0.3, 0.4) is 0 Å². The number of ether oxygens (including phenoxy) is 2. The molecule has 114 valence electrons. The monoisotopic (exact) mass is 300 g/mol. The van der Waals surface area contributed by atoms with Crippen molar-refractivity contribution in [3.63, 3.8) is 0 Å². The molecule has 1 atom stereocenters. The number of aryl methyl sites for hydroxylation is 1. The van der Waals surface area contributed by atoms with Crippen molar-refractivity contribution in [1.29, 1.82) is 0 Å². The molecule has 1 amide bonds. The van der Waals surface area contributed by atoms with E-state index in [1.165, 1.54) is 10.6 Å². The minimum atomic E-state index is -0.305. The van der Waals surface area contributed by atoms with E-state index in [2.05, 4.69) is 5.32 Å². The Morgan fingerprint density at radius 2 is 2.09 bits per heavy atom. The maximum atomic E-state index is 12.0. The molecule has 0 saturated heterocycles. The first-order valence-corrected chi connectivity index (χ1v) is 6.97. The summed E-state index contributed by atoms with van der Waals surface area (Å²) in [6.45, 7) is 0.677. The molecule has 1 unspecified atom stereocenters. The summed E-state index contributed by atoms with van der Waals surface area (Å²) in [5.41, 5.74) is 0.110. The van der Waals surface area contributed by atoms with E-state index in [0.717, 1.165) is 0 Å².